The van der Waals surface area contributed by atoms with Crippen LogP contribution < -0.4 is 10.6 Å². The summed E-state index contributed by atoms with van der Waals surface area (Å²) in [6.45, 7) is 4.60. The minimum atomic E-state index is -0.439. The van der Waals surface area contributed by atoms with Crippen LogP contribution in [0.25, 0.3) is 0 Å². The molecule has 1 heterocycles. The number of nitrogens with one attached hydrogen (secondary N) is 2. The van der Waals surface area contributed by atoms with E-state index >= 15 is 0 Å². The van der Waals surface area contributed by atoms with Crippen molar-refractivity contribution in [3.63, 3.8) is 0 Å². The first-order valence-corrected chi connectivity index (χ1v) is 9.97. The fourth-order valence-electron chi connectivity index (χ4n) is 3.35. The molecule has 3 rings (SSSR count). The number of carbonyl (C=O) groups excluding carboxylic acids is 2. The molecule has 2 N–H and O–H groups in total. The molecule has 0 radical (unpaired) electrons. The van der Waals surface area contributed by atoms with Gasteiger partial charge in [0.2, 0.25) is 11.8 Å². The number of halogens is 1. The summed E-state index contributed by atoms with van der Waals surface area (Å²) >= 11 is 5.89. The van der Waals surface area contributed by atoms with Crippen molar-refractivity contribution < 1.29 is 9.59 Å². The van der Waals surface area contributed by atoms with Crippen molar-refractivity contribution in [2.24, 2.45) is 0 Å². The summed E-state index contributed by atoms with van der Waals surface area (Å²) in [7, 11) is 0. The van der Waals surface area contributed by atoms with Crippen molar-refractivity contribution in [2.45, 2.75) is 32.4 Å². The van der Waals surface area contributed by atoms with Gasteiger partial charge in [0.25, 0.3) is 0 Å². The van der Waals surface area contributed by atoms with Crippen molar-refractivity contribution in [3.05, 3.63) is 70.2 Å². The van der Waals surface area contributed by atoms with Gasteiger partial charge in [0.15, 0.2) is 0 Å². The Morgan fingerprint density at radius 1 is 1.14 bits per heavy atom. The van der Waals surface area contributed by atoms with Crippen LogP contribution in [0.4, 0.5) is 0 Å². The van der Waals surface area contributed by atoms with Gasteiger partial charge in [-0.25, -0.2) is 0 Å². The molecule has 0 aliphatic carbocycles. The Hall–Kier alpha value is -2.37. The van der Waals surface area contributed by atoms with Gasteiger partial charge in [0.05, 0.1) is 12.5 Å². The smallest absolute Gasteiger partial charge is 0.237 e. The molecule has 2 aromatic rings. The van der Waals surface area contributed by atoms with Crippen molar-refractivity contribution in [1.29, 1.82) is 0 Å². The Balaban J connectivity index is 1.52. The Labute approximate surface area is 171 Å². The van der Waals surface area contributed by atoms with Crippen molar-refractivity contribution in [2.75, 3.05) is 19.6 Å². The van der Waals surface area contributed by atoms with Gasteiger partial charge in [0.1, 0.15) is 0 Å². The summed E-state index contributed by atoms with van der Waals surface area (Å²) in [6, 6.07) is 15.4. The molecule has 2 aromatic carbocycles. The molecule has 28 heavy (non-hydrogen) atoms. The minimum absolute atomic E-state index is 0.0776. The van der Waals surface area contributed by atoms with Crippen LogP contribution in [0.2, 0.25) is 5.02 Å². The maximum absolute atomic E-state index is 12.4. The van der Waals surface area contributed by atoms with E-state index in [-0.39, 0.29) is 18.2 Å². The van der Waals surface area contributed by atoms with E-state index in [1.165, 1.54) is 5.56 Å². The predicted octanol–water partition coefficient (Wildman–Crippen LogP) is 2.70. The fourth-order valence-corrected chi connectivity index (χ4v) is 3.47. The maximum Gasteiger partial charge on any atom is 0.237 e. The summed E-state index contributed by atoms with van der Waals surface area (Å²) in [4.78, 5) is 26.9. The first kappa shape index (κ1) is 20.4. The van der Waals surface area contributed by atoms with Gasteiger partial charge in [-0.2, -0.15) is 0 Å². The zero-order valence-corrected chi connectivity index (χ0v) is 16.8. The highest BCUT2D eigenvalue weighted by molar-refractivity contribution is 6.30. The van der Waals surface area contributed by atoms with E-state index in [4.69, 9.17) is 11.6 Å². The lowest BCUT2D eigenvalue weighted by atomic mass is 10.1. The van der Waals surface area contributed by atoms with Gasteiger partial charge in [-0.1, -0.05) is 53.6 Å². The van der Waals surface area contributed by atoms with Crippen LogP contribution in [0.1, 0.15) is 23.1 Å². The first-order valence-electron chi connectivity index (χ1n) is 9.60. The van der Waals surface area contributed by atoms with E-state index in [0.717, 1.165) is 24.1 Å². The molecule has 5 nitrogen and oxygen atoms in total. The highest BCUT2D eigenvalue weighted by Crippen LogP contribution is 2.15. The number of hydrogen-bond donors (Lipinski definition) is 2. The van der Waals surface area contributed by atoms with E-state index < -0.39 is 6.04 Å². The summed E-state index contributed by atoms with van der Waals surface area (Å²) in [5.74, 6) is -0.184. The minimum Gasteiger partial charge on any atom is -0.356 e. The molecule has 0 saturated carbocycles. The predicted molar refractivity (Wildman–Crippen MR) is 111 cm³/mol. The van der Waals surface area contributed by atoms with Gasteiger partial charge in [0, 0.05) is 31.2 Å². The third-order valence-electron chi connectivity index (χ3n) is 4.98. The fraction of sp³-hybridized carbons (Fsp3) is 0.364. The lowest BCUT2D eigenvalue weighted by molar-refractivity contribution is -0.134. The van der Waals surface area contributed by atoms with Crippen LogP contribution in [0.5, 0.6) is 0 Å². The topological polar surface area (TPSA) is 61.4 Å². The molecule has 0 bridgehead atoms. The van der Waals surface area contributed by atoms with Gasteiger partial charge in [-0.3, -0.25) is 14.5 Å². The van der Waals surface area contributed by atoms with Crippen LogP contribution in [-0.2, 0) is 22.6 Å². The summed E-state index contributed by atoms with van der Waals surface area (Å²) < 4.78 is 0. The monoisotopic (exact) mass is 399 g/mol. The lowest BCUT2D eigenvalue weighted by Crippen LogP contribution is -2.56. The molecule has 2 amide bonds. The molecule has 148 valence electrons. The number of hydrogen-bond acceptors (Lipinski definition) is 3. The summed E-state index contributed by atoms with van der Waals surface area (Å²) in [5, 5.41) is 6.50. The van der Waals surface area contributed by atoms with Crippen LogP contribution in [-0.4, -0.2) is 42.4 Å². The van der Waals surface area contributed by atoms with E-state index in [2.05, 4.69) is 46.7 Å². The molecule has 0 aromatic heterocycles. The van der Waals surface area contributed by atoms with Gasteiger partial charge >= 0.3 is 0 Å². The second-order valence-electron chi connectivity index (χ2n) is 7.19. The molecule has 1 aliphatic rings. The average Bonchev–Trinajstić information content (AvgIpc) is 2.68. The third kappa shape index (κ3) is 5.81. The standard InChI is InChI=1S/C22H26ClN3O2/c1-16-2-4-18(5-3-16)15-26-13-12-25-22(28)20(26)14-21(27)24-11-10-17-6-8-19(23)9-7-17/h2-9,20H,10-15H2,1H3,(H,24,27)(H,25,28)/t20-/m0/s1. The number of carbonyl (C=O) groups is 2. The number of benzene rings is 2. The van der Waals surface area contributed by atoms with Crippen LogP contribution in [0, 0.1) is 6.92 Å². The zero-order chi connectivity index (χ0) is 19.9. The zero-order valence-electron chi connectivity index (χ0n) is 16.1. The largest absolute Gasteiger partial charge is 0.356 e. The number of nitrogens with zero attached hydrogens (tertiary/aromatic N) is 1. The molecule has 1 saturated heterocycles. The van der Waals surface area contributed by atoms with Crippen LogP contribution in [0.3, 0.4) is 0 Å². The quantitative estimate of drug-likeness (QED) is 0.752. The van der Waals surface area contributed by atoms with Crippen LogP contribution in [0.15, 0.2) is 48.5 Å². The molecule has 6 heteroatoms. The molecule has 1 fully saturated rings. The SMILES string of the molecule is Cc1ccc(CN2CCNC(=O)[C@@H]2CC(=O)NCCc2ccc(Cl)cc2)cc1. The number of piperazine rings is 1. The van der Waals surface area contributed by atoms with Gasteiger partial charge in [-0.15, -0.1) is 0 Å². The Morgan fingerprint density at radius 2 is 1.82 bits per heavy atom. The number of aryl methyl sites for hydroxylation is 1. The molecular formula is C22H26ClN3O2. The molecule has 1 aliphatic heterocycles. The van der Waals surface area contributed by atoms with Crippen molar-refractivity contribution in [1.82, 2.24) is 15.5 Å². The average molecular weight is 400 g/mol. The van der Waals surface area contributed by atoms with Gasteiger partial charge in [-0.05, 0) is 36.6 Å². The highest BCUT2D eigenvalue weighted by Gasteiger charge is 2.31. The third-order valence-corrected chi connectivity index (χ3v) is 5.23. The molecular weight excluding hydrogens is 374 g/mol. The Bertz CT molecular complexity index is 806. The van der Waals surface area contributed by atoms with E-state index in [1.54, 1.807) is 0 Å². The van der Waals surface area contributed by atoms with E-state index in [0.29, 0.717) is 24.7 Å². The number of rotatable bonds is 7. The van der Waals surface area contributed by atoms with E-state index in [9.17, 15) is 9.59 Å². The van der Waals surface area contributed by atoms with Crippen LogP contribution >= 0.6 is 11.6 Å². The first-order chi connectivity index (χ1) is 13.5. The maximum atomic E-state index is 12.4. The Kier molecular flexibility index (Phi) is 7.06. The van der Waals surface area contributed by atoms with Gasteiger partial charge < -0.3 is 10.6 Å². The van der Waals surface area contributed by atoms with Crippen molar-refractivity contribution in [3.8, 4) is 0 Å². The lowest BCUT2D eigenvalue weighted by Gasteiger charge is -2.34. The summed E-state index contributed by atoms with van der Waals surface area (Å²) in [6.07, 6.45) is 0.894. The summed E-state index contributed by atoms with van der Waals surface area (Å²) in [5.41, 5.74) is 3.46. The molecule has 0 spiro atoms. The molecule has 1 atom stereocenters. The second-order valence-corrected chi connectivity index (χ2v) is 7.63. The van der Waals surface area contributed by atoms with E-state index in [1.807, 2.05) is 24.3 Å². The normalized spacial score (nSPS) is 17.2. The Morgan fingerprint density at radius 3 is 2.54 bits per heavy atom. The van der Waals surface area contributed by atoms with Crippen molar-refractivity contribution >= 4 is 23.4 Å². The highest BCUT2D eigenvalue weighted by atomic mass is 35.5. The molecule has 0 unspecified atom stereocenters. The number of amides is 2. The second kappa shape index (κ2) is 9.71.